The first-order valence-corrected chi connectivity index (χ1v) is 11.7. The normalized spacial score (nSPS) is 20.4. The molecule has 2 aliphatic rings. The molecule has 2 aromatic heterocycles. The van der Waals surface area contributed by atoms with E-state index in [4.69, 9.17) is 4.98 Å². The van der Waals surface area contributed by atoms with Gasteiger partial charge in [-0.1, -0.05) is 17.4 Å². The van der Waals surface area contributed by atoms with Gasteiger partial charge in [-0.25, -0.2) is 4.98 Å². The minimum absolute atomic E-state index is 0.0832. The predicted octanol–water partition coefficient (Wildman–Crippen LogP) is 3.34. The topological polar surface area (TPSA) is 91.3 Å². The van der Waals surface area contributed by atoms with Crippen molar-refractivity contribution in [1.29, 1.82) is 0 Å². The van der Waals surface area contributed by atoms with Crippen LogP contribution in [-0.4, -0.2) is 62.0 Å². The molecule has 9 heteroatoms. The first kappa shape index (κ1) is 21.7. The Bertz CT molecular complexity index is 961. The molecule has 0 aromatic carbocycles. The standard InChI is InChI=1S/C22H30N6O2S/c1-14-25-26-21(31-14)24-18-7-5-6-17(23-18)15-8-10-27(11-9-15)20(30)16-12-19(29)28(13-16)22(2,3)4/h5-7,15-16H,8-13H2,1-4H3,(H,23,24,26). The molecule has 2 amide bonds. The molecule has 8 nitrogen and oxygen atoms in total. The molecule has 2 saturated heterocycles. The van der Waals surface area contributed by atoms with Gasteiger partial charge in [0.05, 0.1) is 5.92 Å². The van der Waals surface area contributed by atoms with Gasteiger partial charge in [0.1, 0.15) is 10.8 Å². The zero-order valence-electron chi connectivity index (χ0n) is 18.6. The molecule has 0 bridgehead atoms. The lowest BCUT2D eigenvalue weighted by atomic mass is 9.92. The van der Waals surface area contributed by atoms with Gasteiger partial charge in [-0.05, 0) is 52.7 Å². The number of nitrogens with one attached hydrogen (secondary N) is 1. The fraction of sp³-hybridized carbons (Fsp3) is 0.591. The van der Waals surface area contributed by atoms with Crippen LogP contribution < -0.4 is 5.32 Å². The maximum atomic E-state index is 13.0. The number of aryl methyl sites for hydroxylation is 1. The van der Waals surface area contributed by atoms with Crippen molar-refractivity contribution in [1.82, 2.24) is 25.0 Å². The summed E-state index contributed by atoms with van der Waals surface area (Å²) in [5.74, 6) is 1.06. The summed E-state index contributed by atoms with van der Waals surface area (Å²) < 4.78 is 0. The summed E-state index contributed by atoms with van der Waals surface area (Å²) in [5, 5.41) is 13.0. The highest BCUT2D eigenvalue weighted by Gasteiger charge is 2.41. The SMILES string of the molecule is Cc1nnc(Nc2cccc(C3CCN(C(=O)C4CC(=O)N(C(C)(C)C)C4)CC3)n2)s1. The molecule has 2 fully saturated rings. The van der Waals surface area contributed by atoms with Crippen LogP contribution in [0.4, 0.5) is 10.9 Å². The first-order valence-electron chi connectivity index (χ1n) is 10.8. The molecule has 31 heavy (non-hydrogen) atoms. The van der Waals surface area contributed by atoms with Gasteiger partial charge >= 0.3 is 0 Å². The molecular weight excluding hydrogens is 412 g/mol. The van der Waals surface area contributed by atoms with Crippen molar-refractivity contribution in [3.63, 3.8) is 0 Å². The van der Waals surface area contributed by atoms with Gasteiger partial charge < -0.3 is 15.1 Å². The van der Waals surface area contributed by atoms with Gasteiger partial charge in [-0.2, -0.15) is 0 Å². The highest BCUT2D eigenvalue weighted by atomic mass is 32.1. The third kappa shape index (κ3) is 4.87. The number of aromatic nitrogens is 3. The summed E-state index contributed by atoms with van der Waals surface area (Å²) in [6.45, 7) is 9.92. The van der Waals surface area contributed by atoms with Crippen molar-refractivity contribution in [2.24, 2.45) is 5.92 Å². The van der Waals surface area contributed by atoms with Crippen LogP contribution in [0.1, 0.15) is 56.7 Å². The molecule has 4 heterocycles. The number of likely N-dealkylation sites (tertiary alicyclic amines) is 2. The van der Waals surface area contributed by atoms with Crippen LogP contribution in [0, 0.1) is 12.8 Å². The van der Waals surface area contributed by atoms with E-state index in [9.17, 15) is 9.59 Å². The minimum Gasteiger partial charge on any atom is -0.342 e. The number of rotatable bonds is 4. The summed E-state index contributed by atoms with van der Waals surface area (Å²) >= 11 is 1.50. The molecule has 1 unspecified atom stereocenters. The summed E-state index contributed by atoms with van der Waals surface area (Å²) in [4.78, 5) is 33.9. The Hall–Kier alpha value is -2.55. The zero-order valence-corrected chi connectivity index (χ0v) is 19.4. The molecule has 166 valence electrons. The van der Waals surface area contributed by atoms with E-state index in [0.29, 0.717) is 32.0 Å². The van der Waals surface area contributed by atoms with Crippen LogP contribution in [0.15, 0.2) is 18.2 Å². The van der Waals surface area contributed by atoms with E-state index >= 15 is 0 Å². The number of nitrogens with zero attached hydrogens (tertiary/aromatic N) is 5. The van der Waals surface area contributed by atoms with Crippen molar-refractivity contribution in [3.8, 4) is 0 Å². The van der Waals surface area contributed by atoms with Gasteiger partial charge in [0.2, 0.25) is 16.9 Å². The quantitative estimate of drug-likeness (QED) is 0.781. The van der Waals surface area contributed by atoms with E-state index in [1.807, 2.05) is 49.6 Å². The molecule has 4 rings (SSSR count). The molecule has 2 aliphatic heterocycles. The van der Waals surface area contributed by atoms with E-state index in [0.717, 1.165) is 34.5 Å². The van der Waals surface area contributed by atoms with Crippen LogP contribution in [0.5, 0.6) is 0 Å². The molecule has 2 aromatic rings. The van der Waals surface area contributed by atoms with Crippen molar-refractivity contribution >= 4 is 34.1 Å². The number of amides is 2. The summed E-state index contributed by atoms with van der Waals surface area (Å²) in [6, 6.07) is 5.98. The number of carbonyl (C=O) groups is 2. The summed E-state index contributed by atoms with van der Waals surface area (Å²) in [6.07, 6.45) is 2.09. The smallest absolute Gasteiger partial charge is 0.227 e. The fourth-order valence-electron chi connectivity index (χ4n) is 4.38. The van der Waals surface area contributed by atoms with Crippen molar-refractivity contribution in [2.75, 3.05) is 25.0 Å². The molecule has 0 saturated carbocycles. The Kier molecular flexibility index (Phi) is 5.96. The molecule has 0 spiro atoms. The lowest BCUT2D eigenvalue weighted by molar-refractivity contribution is -0.136. The fourth-order valence-corrected chi connectivity index (χ4v) is 4.98. The molecule has 1 atom stereocenters. The summed E-state index contributed by atoms with van der Waals surface area (Å²) in [7, 11) is 0. The maximum absolute atomic E-state index is 13.0. The Morgan fingerprint density at radius 1 is 1.19 bits per heavy atom. The van der Waals surface area contributed by atoms with E-state index in [1.165, 1.54) is 11.3 Å². The number of piperidine rings is 1. The largest absolute Gasteiger partial charge is 0.342 e. The molecule has 0 radical (unpaired) electrons. The second-order valence-electron chi connectivity index (χ2n) is 9.37. The second kappa shape index (κ2) is 8.53. The average molecular weight is 443 g/mol. The van der Waals surface area contributed by atoms with Gasteiger partial charge in [0, 0.05) is 43.2 Å². The lowest BCUT2D eigenvalue weighted by Crippen LogP contribution is -2.45. The Balaban J connectivity index is 1.34. The van der Waals surface area contributed by atoms with Crippen molar-refractivity contribution in [3.05, 3.63) is 28.9 Å². The van der Waals surface area contributed by atoms with E-state index in [-0.39, 0.29) is 23.3 Å². The van der Waals surface area contributed by atoms with E-state index in [2.05, 4.69) is 21.6 Å². The van der Waals surface area contributed by atoms with Crippen molar-refractivity contribution in [2.45, 2.75) is 58.4 Å². The monoisotopic (exact) mass is 442 g/mol. The number of hydrogen-bond donors (Lipinski definition) is 1. The van der Waals surface area contributed by atoms with Crippen molar-refractivity contribution < 1.29 is 9.59 Å². The molecular formula is C22H30N6O2S. The average Bonchev–Trinajstić information content (AvgIpc) is 3.33. The third-order valence-electron chi connectivity index (χ3n) is 6.04. The van der Waals surface area contributed by atoms with E-state index in [1.54, 1.807) is 0 Å². The number of hydrogen-bond acceptors (Lipinski definition) is 7. The van der Waals surface area contributed by atoms with Crippen LogP contribution in [0.3, 0.4) is 0 Å². The molecule has 0 aliphatic carbocycles. The highest BCUT2D eigenvalue weighted by molar-refractivity contribution is 7.15. The van der Waals surface area contributed by atoms with Crippen LogP contribution >= 0.6 is 11.3 Å². The number of anilines is 2. The Labute approximate surface area is 187 Å². The number of carbonyl (C=O) groups excluding carboxylic acids is 2. The van der Waals surface area contributed by atoms with Gasteiger partial charge in [0.25, 0.3) is 0 Å². The minimum atomic E-state index is -0.239. The van der Waals surface area contributed by atoms with Gasteiger partial charge in [-0.3, -0.25) is 9.59 Å². The van der Waals surface area contributed by atoms with Gasteiger partial charge in [0.15, 0.2) is 0 Å². The number of pyridine rings is 1. The van der Waals surface area contributed by atoms with E-state index < -0.39 is 0 Å². The third-order valence-corrected chi connectivity index (χ3v) is 6.79. The Morgan fingerprint density at radius 2 is 1.94 bits per heavy atom. The lowest BCUT2D eigenvalue weighted by Gasteiger charge is -2.34. The zero-order chi connectivity index (χ0) is 22.2. The summed E-state index contributed by atoms with van der Waals surface area (Å²) in [5.41, 5.74) is 0.797. The first-order chi connectivity index (χ1) is 14.7. The second-order valence-corrected chi connectivity index (χ2v) is 10.6. The van der Waals surface area contributed by atoms with Crippen LogP contribution in [0.2, 0.25) is 0 Å². The molecule has 1 N–H and O–H groups in total. The van der Waals surface area contributed by atoms with Gasteiger partial charge in [-0.15, -0.1) is 10.2 Å². The predicted molar refractivity (Wildman–Crippen MR) is 120 cm³/mol. The van der Waals surface area contributed by atoms with Crippen LogP contribution in [-0.2, 0) is 9.59 Å². The highest BCUT2D eigenvalue weighted by Crippen LogP contribution is 2.31. The maximum Gasteiger partial charge on any atom is 0.227 e. The van der Waals surface area contributed by atoms with Crippen LogP contribution in [0.25, 0.3) is 0 Å². The Morgan fingerprint density at radius 3 is 2.55 bits per heavy atom.